The highest BCUT2D eigenvalue weighted by atomic mass is 16.7. The van der Waals surface area contributed by atoms with Crippen molar-refractivity contribution in [1.82, 2.24) is 0 Å². The van der Waals surface area contributed by atoms with Crippen LogP contribution in [0.1, 0.15) is 33.1 Å². The quantitative estimate of drug-likeness (QED) is 0.502. The van der Waals surface area contributed by atoms with Gasteiger partial charge in [-0.1, -0.05) is 5.16 Å². The monoisotopic (exact) mass is 139 g/mol. The summed E-state index contributed by atoms with van der Waals surface area (Å²) in [5.74, 6) is 0.618. The molecule has 0 N–H and O–H groups in total. The van der Waals surface area contributed by atoms with Crippen LogP contribution >= 0.6 is 0 Å². The van der Waals surface area contributed by atoms with E-state index in [4.69, 9.17) is 4.84 Å². The molecule has 1 heterocycles. The normalized spacial score (nSPS) is 44.6. The Bertz CT molecular complexity index is 188. The third-order valence-electron chi connectivity index (χ3n) is 2.81. The molecule has 0 radical (unpaired) electrons. The maximum atomic E-state index is 5.36. The highest BCUT2D eigenvalue weighted by Gasteiger charge is 2.46. The van der Waals surface area contributed by atoms with E-state index in [9.17, 15) is 0 Å². The van der Waals surface area contributed by atoms with Crippen molar-refractivity contribution in [1.29, 1.82) is 0 Å². The van der Waals surface area contributed by atoms with Gasteiger partial charge in [0.15, 0.2) is 0 Å². The summed E-state index contributed by atoms with van der Waals surface area (Å²) in [4.78, 5) is 5.36. The van der Waals surface area contributed by atoms with Gasteiger partial charge in [0.25, 0.3) is 0 Å². The molecule has 1 aliphatic carbocycles. The Labute approximate surface area is 61.2 Å². The molecule has 0 aromatic heterocycles. The number of hydrogen-bond donors (Lipinski definition) is 0. The van der Waals surface area contributed by atoms with Crippen molar-refractivity contribution >= 4 is 5.71 Å². The van der Waals surface area contributed by atoms with E-state index in [1.807, 2.05) is 0 Å². The van der Waals surface area contributed by atoms with Gasteiger partial charge in [-0.05, 0) is 33.1 Å². The van der Waals surface area contributed by atoms with E-state index in [1.165, 1.54) is 25.0 Å². The molecule has 1 aliphatic heterocycles. The summed E-state index contributed by atoms with van der Waals surface area (Å²) in [6, 6.07) is 0. The molecule has 56 valence electrons. The molecule has 0 saturated heterocycles. The van der Waals surface area contributed by atoms with Gasteiger partial charge in [0.2, 0.25) is 0 Å². The average molecular weight is 139 g/mol. The predicted octanol–water partition coefficient (Wildman–Crippen LogP) is 1.95. The third kappa shape index (κ3) is 0.619. The Hall–Kier alpha value is -0.530. The molecular weight excluding hydrogens is 126 g/mol. The lowest BCUT2D eigenvalue weighted by molar-refractivity contribution is -0.0163. The number of nitrogens with zero attached hydrogens (tertiary/aromatic N) is 1. The van der Waals surface area contributed by atoms with Gasteiger partial charge in [-0.3, -0.25) is 0 Å². The van der Waals surface area contributed by atoms with Crippen LogP contribution in [-0.2, 0) is 4.84 Å². The molecular formula is C8H13NO. The molecule has 2 atom stereocenters. The summed E-state index contributed by atoms with van der Waals surface area (Å²) in [5.41, 5.74) is 1.27. The molecule has 0 bridgehead atoms. The van der Waals surface area contributed by atoms with Gasteiger partial charge >= 0.3 is 0 Å². The zero-order valence-corrected chi connectivity index (χ0v) is 6.55. The minimum Gasteiger partial charge on any atom is -0.389 e. The first-order valence-corrected chi connectivity index (χ1v) is 3.95. The zero-order valence-electron chi connectivity index (χ0n) is 6.55. The Morgan fingerprint density at radius 2 is 2.50 bits per heavy atom. The van der Waals surface area contributed by atoms with Gasteiger partial charge in [0.05, 0.1) is 5.71 Å². The molecule has 0 amide bonds. The lowest BCUT2D eigenvalue weighted by Gasteiger charge is -2.20. The zero-order chi connectivity index (χ0) is 7.19. The molecule has 1 fully saturated rings. The van der Waals surface area contributed by atoms with Crippen molar-refractivity contribution in [2.24, 2.45) is 11.1 Å². The van der Waals surface area contributed by atoms with Crippen LogP contribution < -0.4 is 0 Å². The van der Waals surface area contributed by atoms with E-state index in [2.05, 4.69) is 19.0 Å². The van der Waals surface area contributed by atoms with Gasteiger partial charge in [-0.25, -0.2) is 0 Å². The van der Waals surface area contributed by atoms with Gasteiger partial charge in [0, 0.05) is 5.92 Å². The first-order valence-electron chi connectivity index (χ1n) is 3.95. The van der Waals surface area contributed by atoms with Crippen LogP contribution in [0.5, 0.6) is 0 Å². The molecule has 2 rings (SSSR count). The number of fused-ring (bicyclic) bond motifs is 1. The van der Waals surface area contributed by atoms with Gasteiger partial charge < -0.3 is 4.84 Å². The van der Waals surface area contributed by atoms with Crippen molar-refractivity contribution in [3.05, 3.63) is 0 Å². The van der Waals surface area contributed by atoms with Crippen LogP contribution in [0.25, 0.3) is 0 Å². The predicted molar refractivity (Wildman–Crippen MR) is 39.9 cm³/mol. The second kappa shape index (κ2) is 1.74. The van der Waals surface area contributed by atoms with Gasteiger partial charge in [-0.15, -0.1) is 0 Å². The molecule has 2 unspecified atom stereocenters. The van der Waals surface area contributed by atoms with Crippen molar-refractivity contribution in [3.63, 3.8) is 0 Å². The lowest BCUT2D eigenvalue weighted by Crippen LogP contribution is -2.29. The van der Waals surface area contributed by atoms with Crippen LogP contribution in [0.3, 0.4) is 0 Å². The average Bonchev–Trinajstić information content (AvgIpc) is 2.35. The highest BCUT2D eigenvalue weighted by molar-refractivity contribution is 5.86. The lowest BCUT2D eigenvalue weighted by atomic mass is 9.90. The van der Waals surface area contributed by atoms with Gasteiger partial charge in [0.1, 0.15) is 5.60 Å². The largest absolute Gasteiger partial charge is 0.389 e. The number of oxime groups is 1. The first-order chi connectivity index (χ1) is 4.72. The Morgan fingerprint density at radius 3 is 3.20 bits per heavy atom. The van der Waals surface area contributed by atoms with Crippen LogP contribution in [0.4, 0.5) is 0 Å². The molecule has 2 nitrogen and oxygen atoms in total. The summed E-state index contributed by atoms with van der Waals surface area (Å²) in [6.07, 6.45) is 3.75. The van der Waals surface area contributed by atoms with E-state index < -0.39 is 0 Å². The molecule has 0 aromatic carbocycles. The smallest absolute Gasteiger partial charge is 0.143 e. The fourth-order valence-corrected chi connectivity index (χ4v) is 2.14. The standard InChI is InChI=1S/C8H13NO/c1-6-7-4-3-5-8(7,2)10-9-6/h7H,3-5H2,1-2H3. The Morgan fingerprint density at radius 1 is 1.70 bits per heavy atom. The maximum absolute atomic E-state index is 5.36. The minimum absolute atomic E-state index is 0.0735. The van der Waals surface area contributed by atoms with Crippen LogP contribution in [-0.4, -0.2) is 11.3 Å². The Kier molecular flexibility index (Phi) is 1.08. The van der Waals surface area contributed by atoms with Crippen molar-refractivity contribution in [2.75, 3.05) is 0 Å². The van der Waals surface area contributed by atoms with Crippen LogP contribution in [0, 0.1) is 5.92 Å². The summed E-state index contributed by atoms with van der Waals surface area (Å²) in [6.45, 7) is 4.24. The Balaban J connectivity index is 2.27. The van der Waals surface area contributed by atoms with Gasteiger partial charge in [-0.2, -0.15) is 0 Å². The summed E-state index contributed by atoms with van der Waals surface area (Å²) in [5, 5.41) is 4.01. The summed E-state index contributed by atoms with van der Waals surface area (Å²) < 4.78 is 0. The number of hydrogen-bond acceptors (Lipinski definition) is 2. The van der Waals surface area contributed by atoms with Crippen LogP contribution in [0.15, 0.2) is 5.16 Å². The van der Waals surface area contributed by atoms with E-state index >= 15 is 0 Å². The molecule has 10 heavy (non-hydrogen) atoms. The van der Waals surface area contributed by atoms with E-state index in [0.717, 1.165) is 0 Å². The molecule has 2 heteroatoms. The fraction of sp³-hybridized carbons (Fsp3) is 0.875. The van der Waals surface area contributed by atoms with Crippen molar-refractivity contribution < 1.29 is 4.84 Å². The van der Waals surface area contributed by atoms with E-state index in [-0.39, 0.29) is 5.60 Å². The molecule has 2 aliphatic rings. The van der Waals surface area contributed by atoms with Crippen molar-refractivity contribution in [3.8, 4) is 0 Å². The third-order valence-corrected chi connectivity index (χ3v) is 2.81. The second-order valence-electron chi connectivity index (χ2n) is 3.58. The number of rotatable bonds is 0. The van der Waals surface area contributed by atoms with E-state index in [1.54, 1.807) is 0 Å². The topological polar surface area (TPSA) is 21.6 Å². The van der Waals surface area contributed by atoms with E-state index in [0.29, 0.717) is 5.92 Å². The van der Waals surface area contributed by atoms with Crippen LogP contribution in [0.2, 0.25) is 0 Å². The first kappa shape index (κ1) is 6.20. The SMILES string of the molecule is CC1=NOC2(C)CCCC12. The summed E-state index contributed by atoms with van der Waals surface area (Å²) >= 11 is 0. The molecule has 0 spiro atoms. The maximum Gasteiger partial charge on any atom is 0.143 e. The highest BCUT2D eigenvalue weighted by Crippen LogP contribution is 2.43. The summed E-state index contributed by atoms with van der Waals surface area (Å²) in [7, 11) is 0. The molecule has 0 aromatic rings. The molecule has 1 saturated carbocycles. The van der Waals surface area contributed by atoms with Crippen molar-refractivity contribution in [2.45, 2.75) is 38.7 Å². The second-order valence-corrected chi connectivity index (χ2v) is 3.58. The fourth-order valence-electron chi connectivity index (χ4n) is 2.14. The minimum atomic E-state index is 0.0735.